The molecule has 4 rings (SSSR count). The Morgan fingerprint density at radius 1 is 1.03 bits per heavy atom. The van der Waals surface area contributed by atoms with Gasteiger partial charge >= 0.3 is 6.03 Å². The van der Waals surface area contributed by atoms with Crippen LogP contribution in [0.5, 0.6) is 5.75 Å². The van der Waals surface area contributed by atoms with Gasteiger partial charge < -0.3 is 15.0 Å². The number of ether oxygens (including phenoxy) is 1. The second-order valence-electron chi connectivity index (χ2n) is 8.76. The zero-order valence-electron chi connectivity index (χ0n) is 18.6. The highest BCUT2D eigenvalue weighted by atomic mass is 16.5. The van der Waals surface area contributed by atoms with Crippen LogP contribution >= 0.6 is 0 Å². The minimum atomic E-state index is -0.0516. The van der Waals surface area contributed by atoms with Gasteiger partial charge in [-0.1, -0.05) is 35.9 Å². The number of piperidine rings is 1. The van der Waals surface area contributed by atoms with Gasteiger partial charge in [-0.05, 0) is 56.9 Å². The van der Waals surface area contributed by atoms with Gasteiger partial charge in [-0.3, -0.25) is 9.69 Å². The van der Waals surface area contributed by atoms with Crippen molar-refractivity contribution in [1.82, 2.24) is 10.2 Å². The van der Waals surface area contributed by atoms with Crippen LogP contribution in [-0.2, 0) is 11.3 Å². The molecule has 3 amide bonds. The van der Waals surface area contributed by atoms with Gasteiger partial charge in [0.15, 0.2) is 0 Å². The number of aryl methyl sites for hydroxylation is 2. The Labute approximate surface area is 184 Å². The van der Waals surface area contributed by atoms with Crippen molar-refractivity contribution in [3.8, 4) is 5.75 Å². The summed E-state index contributed by atoms with van der Waals surface area (Å²) in [6, 6.07) is 14.1. The molecule has 6 nitrogen and oxygen atoms in total. The fourth-order valence-electron chi connectivity index (χ4n) is 4.27. The highest BCUT2D eigenvalue weighted by molar-refractivity contribution is 5.94. The minimum Gasteiger partial charge on any atom is -0.487 e. The van der Waals surface area contributed by atoms with Crippen molar-refractivity contribution in [2.24, 2.45) is 5.92 Å². The van der Waals surface area contributed by atoms with E-state index in [0.717, 1.165) is 22.6 Å². The summed E-state index contributed by atoms with van der Waals surface area (Å²) in [4.78, 5) is 29.6. The Kier molecular flexibility index (Phi) is 6.16. The second-order valence-corrected chi connectivity index (χ2v) is 8.76. The van der Waals surface area contributed by atoms with Gasteiger partial charge in [0.1, 0.15) is 11.9 Å². The van der Waals surface area contributed by atoms with E-state index >= 15 is 0 Å². The number of nitrogens with zero attached hydrogens (tertiary/aromatic N) is 2. The summed E-state index contributed by atoms with van der Waals surface area (Å²) < 4.78 is 5.91. The van der Waals surface area contributed by atoms with Gasteiger partial charge in [0.2, 0.25) is 5.91 Å². The normalized spacial score (nSPS) is 18.9. The van der Waals surface area contributed by atoms with Crippen LogP contribution in [0, 0.1) is 19.8 Å². The molecule has 1 N–H and O–H groups in total. The summed E-state index contributed by atoms with van der Waals surface area (Å²) >= 11 is 0. The highest BCUT2D eigenvalue weighted by Gasteiger charge is 2.33. The van der Waals surface area contributed by atoms with E-state index in [0.29, 0.717) is 39.0 Å². The number of carbonyl (C=O) groups is 2. The molecular formula is C25H31N3O3. The molecule has 0 spiro atoms. The van der Waals surface area contributed by atoms with Crippen LogP contribution in [0.3, 0.4) is 0 Å². The number of rotatable bonds is 3. The standard InChI is InChI=1S/C25H31N3O3/c1-17-4-7-20(8-5-17)15-26-24(29)21-10-12-27(13-11-21)25(30)28-16-19(3)31-23-9-6-18(2)14-22(23)28/h4-9,14,19,21H,10-13,15-16H2,1-3H3,(H,26,29)/t19-/m1/s1. The first kappa shape index (κ1) is 21.2. The lowest BCUT2D eigenvalue weighted by atomic mass is 9.96. The van der Waals surface area contributed by atoms with Gasteiger partial charge in [-0.15, -0.1) is 0 Å². The van der Waals surface area contributed by atoms with E-state index in [2.05, 4.69) is 24.4 Å². The zero-order valence-corrected chi connectivity index (χ0v) is 18.6. The number of amides is 3. The van der Waals surface area contributed by atoms with Crippen LogP contribution in [0.4, 0.5) is 10.5 Å². The van der Waals surface area contributed by atoms with E-state index in [4.69, 9.17) is 4.74 Å². The molecule has 1 saturated heterocycles. The van der Waals surface area contributed by atoms with Crippen molar-refractivity contribution in [1.29, 1.82) is 0 Å². The molecule has 2 aromatic carbocycles. The van der Waals surface area contributed by atoms with Gasteiger partial charge in [-0.2, -0.15) is 0 Å². The first-order valence-corrected chi connectivity index (χ1v) is 11.1. The Morgan fingerprint density at radius 2 is 1.71 bits per heavy atom. The first-order valence-electron chi connectivity index (χ1n) is 11.1. The van der Waals surface area contributed by atoms with Crippen molar-refractivity contribution in [2.75, 3.05) is 24.5 Å². The number of urea groups is 1. The Bertz CT molecular complexity index is 949. The predicted octanol–water partition coefficient (Wildman–Crippen LogP) is 4.04. The highest BCUT2D eigenvalue weighted by Crippen LogP contribution is 2.35. The van der Waals surface area contributed by atoms with Crippen LogP contribution in [0.2, 0.25) is 0 Å². The number of hydrogen-bond acceptors (Lipinski definition) is 3. The number of benzene rings is 2. The quantitative estimate of drug-likeness (QED) is 0.814. The topological polar surface area (TPSA) is 61.9 Å². The maximum atomic E-state index is 13.3. The third-order valence-corrected chi connectivity index (χ3v) is 6.13. The minimum absolute atomic E-state index is 0.000476. The van der Waals surface area contributed by atoms with E-state index in [1.54, 1.807) is 0 Å². The summed E-state index contributed by atoms with van der Waals surface area (Å²) in [5.74, 6) is 0.782. The van der Waals surface area contributed by atoms with E-state index in [1.165, 1.54) is 5.56 Å². The molecule has 0 aromatic heterocycles. The van der Waals surface area contributed by atoms with Gasteiger partial charge in [0.25, 0.3) is 0 Å². The lowest BCUT2D eigenvalue weighted by Crippen LogP contribution is -2.52. The monoisotopic (exact) mass is 421 g/mol. The molecule has 0 radical (unpaired) electrons. The SMILES string of the molecule is Cc1ccc(CNC(=O)C2CCN(C(=O)N3C[C@@H](C)Oc4ccc(C)cc43)CC2)cc1. The van der Waals surface area contributed by atoms with E-state index < -0.39 is 0 Å². The number of fused-ring (bicyclic) bond motifs is 1. The molecule has 0 saturated carbocycles. The maximum absolute atomic E-state index is 13.3. The third-order valence-electron chi connectivity index (χ3n) is 6.13. The molecule has 2 aliphatic heterocycles. The molecule has 2 heterocycles. The lowest BCUT2D eigenvalue weighted by Gasteiger charge is -2.39. The average Bonchev–Trinajstić information content (AvgIpc) is 2.78. The van der Waals surface area contributed by atoms with Crippen molar-refractivity contribution in [2.45, 2.75) is 46.3 Å². The van der Waals surface area contributed by atoms with E-state index in [-0.39, 0.29) is 24.0 Å². The zero-order chi connectivity index (χ0) is 22.0. The molecule has 2 aliphatic rings. The predicted molar refractivity (Wildman–Crippen MR) is 121 cm³/mol. The molecule has 164 valence electrons. The molecule has 1 fully saturated rings. The lowest BCUT2D eigenvalue weighted by molar-refractivity contribution is -0.126. The Morgan fingerprint density at radius 3 is 2.42 bits per heavy atom. The van der Waals surface area contributed by atoms with Crippen LogP contribution in [-0.4, -0.2) is 42.6 Å². The fraction of sp³-hybridized carbons (Fsp3) is 0.440. The van der Waals surface area contributed by atoms with Crippen molar-refractivity contribution < 1.29 is 14.3 Å². The van der Waals surface area contributed by atoms with Crippen molar-refractivity contribution in [3.63, 3.8) is 0 Å². The number of hydrogen-bond donors (Lipinski definition) is 1. The maximum Gasteiger partial charge on any atom is 0.324 e. The largest absolute Gasteiger partial charge is 0.487 e. The third kappa shape index (κ3) is 4.84. The van der Waals surface area contributed by atoms with Gasteiger partial charge in [0.05, 0.1) is 12.2 Å². The number of carbonyl (C=O) groups excluding carboxylic acids is 2. The molecule has 2 aromatic rings. The number of likely N-dealkylation sites (tertiary alicyclic amines) is 1. The first-order chi connectivity index (χ1) is 14.9. The summed E-state index contributed by atoms with van der Waals surface area (Å²) in [5.41, 5.74) is 4.24. The Hall–Kier alpha value is -3.02. The molecule has 31 heavy (non-hydrogen) atoms. The van der Waals surface area contributed by atoms with E-state index in [9.17, 15) is 9.59 Å². The average molecular weight is 422 g/mol. The van der Waals surface area contributed by atoms with Crippen LogP contribution in [0.1, 0.15) is 36.5 Å². The molecule has 1 atom stereocenters. The number of anilines is 1. The molecule has 0 bridgehead atoms. The fourth-order valence-corrected chi connectivity index (χ4v) is 4.27. The van der Waals surface area contributed by atoms with Crippen molar-refractivity contribution >= 4 is 17.6 Å². The molecule has 0 unspecified atom stereocenters. The van der Waals surface area contributed by atoms with Crippen LogP contribution in [0.15, 0.2) is 42.5 Å². The molecular weight excluding hydrogens is 390 g/mol. The smallest absolute Gasteiger partial charge is 0.324 e. The Balaban J connectivity index is 1.33. The van der Waals surface area contributed by atoms with Gasteiger partial charge in [0, 0.05) is 25.6 Å². The van der Waals surface area contributed by atoms with E-state index in [1.807, 2.05) is 54.0 Å². The molecule has 6 heteroatoms. The van der Waals surface area contributed by atoms with Crippen LogP contribution in [0.25, 0.3) is 0 Å². The van der Waals surface area contributed by atoms with Gasteiger partial charge in [-0.25, -0.2) is 4.79 Å². The van der Waals surface area contributed by atoms with Crippen molar-refractivity contribution in [3.05, 3.63) is 59.2 Å². The summed E-state index contributed by atoms with van der Waals surface area (Å²) in [6.45, 7) is 8.30. The molecule has 0 aliphatic carbocycles. The summed E-state index contributed by atoms with van der Waals surface area (Å²) in [7, 11) is 0. The second kappa shape index (κ2) is 9.00. The summed E-state index contributed by atoms with van der Waals surface area (Å²) in [5, 5.41) is 3.05. The number of nitrogens with one attached hydrogen (secondary N) is 1. The van der Waals surface area contributed by atoms with Crippen LogP contribution < -0.4 is 15.0 Å². The summed E-state index contributed by atoms with van der Waals surface area (Å²) in [6.07, 6.45) is 1.32.